The normalized spacial score (nSPS) is 11.3. The van der Waals surface area contributed by atoms with Crippen LogP contribution in [0.1, 0.15) is 51.3 Å². The molecule has 1 rings (SSSR count). The van der Waals surface area contributed by atoms with Gasteiger partial charge >= 0.3 is 0 Å². The Hall–Kier alpha value is -0.540. The fourth-order valence-corrected chi connectivity index (χ4v) is 2.09. The molecule has 0 aromatic carbocycles. The Morgan fingerprint density at radius 2 is 2.12 bits per heavy atom. The van der Waals surface area contributed by atoms with Gasteiger partial charge in [0, 0.05) is 18.6 Å². The van der Waals surface area contributed by atoms with E-state index < -0.39 is 0 Å². The van der Waals surface area contributed by atoms with Gasteiger partial charge in [-0.3, -0.25) is 4.68 Å². The van der Waals surface area contributed by atoms with Crippen LogP contribution in [0.4, 0.5) is 0 Å². The summed E-state index contributed by atoms with van der Waals surface area (Å²) in [6, 6.07) is 2.65. The second kappa shape index (κ2) is 8.54. The minimum atomic E-state index is 0.542. The number of aromatic nitrogens is 2. The number of hydrogen-bond donors (Lipinski definition) is 1. The first kappa shape index (κ1) is 14.5. The van der Waals surface area contributed by atoms with Gasteiger partial charge in [-0.15, -0.1) is 11.6 Å². The Bertz CT molecular complexity index is 295. The molecule has 1 N–H and O–H groups in total. The van der Waals surface area contributed by atoms with Crippen LogP contribution >= 0.6 is 11.6 Å². The van der Waals surface area contributed by atoms with E-state index in [0.29, 0.717) is 6.04 Å². The molecule has 0 bridgehead atoms. The van der Waals surface area contributed by atoms with Crippen LogP contribution < -0.4 is 5.32 Å². The van der Waals surface area contributed by atoms with Gasteiger partial charge in [0.15, 0.2) is 0 Å². The third kappa shape index (κ3) is 5.09. The Morgan fingerprint density at radius 1 is 1.35 bits per heavy atom. The molecule has 0 fully saturated rings. The van der Waals surface area contributed by atoms with E-state index in [1.54, 1.807) is 0 Å². The maximum absolute atomic E-state index is 5.62. The summed E-state index contributed by atoms with van der Waals surface area (Å²) in [4.78, 5) is 0. The van der Waals surface area contributed by atoms with Crippen molar-refractivity contribution < 1.29 is 0 Å². The SMILES string of the molecule is CCC(CC)n1ccc(CNCCCCCl)n1. The van der Waals surface area contributed by atoms with Crippen LogP contribution in [0.3, 0.4) is 0 Å². The van der Waals surface area contributed by atoms with Crippen LogP contribution in [0, 0.1) is 0 Å². The number of rotatable bonds is 9. The predicted octanol–water partition coefficient (Wildman–Crippen LogP) is 3.35. The van der Waals surface area contributed by atoms with E-state index in [1.165, 1.54) is 0 Å². The summed E-state index contributed by atoms with van der Waals surface area (Å²) in [6.07, 6.45) is 6.59. The monoisotopic (exact) mass is 257 g/mol. The molecule has 4 heteroatoms. The Labute approximate surface area is 110 Å². The summed E-state index contributed by atoms with van der Waals surface area (Å²) in [5.41, 5.74) is 1.13. The molecule has 0 aliphatic rings. The number of halogens is 1. The van der Waals surface area contributed by atoms with Gasteiger partial charge in [-0.05, 0) is 38.3 Å². The highest BCUT2D eigenvalue weighted by Gasteiger charge is 2.07. The first-order valence-corrected chi connectivity index (χ1v) is 7.16. The Kier molecular flexibility index (Phi) is 7.29. The number of nitrogens with one attached hydrogen (secondary N) is 1. The second-order valence-electron chi connectivity index (χ2n) is 4.33. The average molecular weight is 258 g/mol. The lowest BCUT2D eigenvalue weighted by atomic mass is 10.2. The first-order chi connectivity index (χ1) is 8.31. The molecule has 17 heavy (non-hydrogen) atoms. The van der Waals surface area contributed by atoms with Gasteiger partial charge in [0.05, 0.1) is 11.7 Å². The molecule has 0 saturated heterocycles. The molecular formula is C13H24ClN3. The van der Waals surface area contributed by atoms with E-state index in [1.807, 2.05) is 0 Å². The van der Waals surface area contributed by atoms with Crippen molar-refractivity contribution in [2.45, 2.75) is 52.1 Å². The minimum absolute atomic E-state index is 0.542. The van der Waals surface area contributed by atoms with Gasteiger partial charge < -0.3 is 5.32 Å². The van der Waals surface area contributed by atoms with Crippen LogP contribution in [-0.2, 0) is 6.54 Å². The highest BCUT2D eigenvalue weighted by Crippen LogP contribution is 2.14. The maximum atomic E-state index is 5.62. The van der Waals surface area contributed by atoms with E-state index in [0.717, 1.165) is 50.3 Å². The summed E-state index contributed by atoms with van der Waals surface area (Å²) < 4.78 is 2.09. The van der Waals surface area contributed by atoms with Crippen molar-refractivity contribution in [2.75, 3.05) is 12.4 Å². The van der Waals surface area contributed by atoms with E-state index in [4.69, 9.17) is 11.6 Å². The number of alkyl halides is 1. The van der Waals surface area contributed by atoms with Gasteiger partial charge in [0.2, 0.25) is 0 Å². The van der Waals surface area contributed by atoms with Crippen LogP contribution in [0.15, 0.2) is 12.3 Å². The van der Waals surface area contributed by atoms with Crippen LogP contribution in [0.5, 0.6) is 0 Å². The minimum Gasteiger partial charge on any atom is -0.311 e. The fourth-order valence-electron chi connectivity index (χ4n) is 1.90. The lowest BCUT2D eigenvalue weighted by Crippen LogP contribution is -2.16. The van der Waals surface area contributed by atoms with Crippen molar-refractivity contribution in [1.29, 1.82) is 0 Å². The van der Waals surface area contributed by atoms with Crippen molar-refractivity contribution in [3.63, 3.8) is 0 Å². The summed E-state index contributed by atoms with van der Waals surface area (Å²) in [5.74, 6) is 0.755. The molecule has 98 valence electrons. The predicted molar refractivity (Wildman–Crippen MR) is 73.5 cm³/mol. The fraction of sp³-hybridized carbons (Fsp3) is 0.769. The van der Waals surface area contributed by atoms with Crippen LogP contribution in [0.25, 0.3) is 0 Å². The Morgan fingerprint density at radius 3 is 2.76 bits per heavy atom. The molecular weight excluding hydrogens is 234 g/mol. The molecule has 0 aliphatic heterocycles. The summed E-state index contributed by atoms with van der Waals surface area (Å²) in [7, 11) is 0. The van der Waals surface area contributed by atoms with Crippen LogP contribution in [0.2, 0.25) is 0 Å². The lowest BCUT2D eigenvalue weighted by molar-refractivity contribution is 0.424. The third-order valence-corrected chi connectivity index (χ3v) is 3.29. The molecule has 0 atom stereocenters. The van der Waals surface area contributed by atoms with Crippen molar-refractivity contribution in [1.82, 2.24) is 15.1 Å². The zero-order valence-electron chi connectivity index (χ0n) is 11.0. The highest BCUT2D eigenvalue weighted by atomic mass is 35.5. The number of nitrogens with zero attached hydrogens (tertiary/aromatic N) is 2. The summed E-state index contributed by atoms with van der Waals surface area (Å²) in [5, 5.41) is 7.99. The van der Waals surface area contributed by atoms with Crippen molar-refractivity contribution in [2.24, 2.45) is 0 Å². The number of unbranched alkanes of at least 4 members (excludes halogenated alkanes) is 1. The topological polar surface area (TPSA) is 29.9 Å². The largest absolute Gasteiger partial charge is 0.311 e. The average Bonchev–Trinajstić information content (AvgIpc) is 2.79. The van der Waals surface area contributed by atoms with E-state index in [9.17, 15) is 0 Å². The molecule has 0 radical (unpaired) electrons. The third-order valence-electron chi connectivity index (χ3n) is 3.02. The van der Waals surface area contributed by atoms with Gasteiger partial charge in [-0.2, -0.15) is 5.10 Å². The second-order valence-corrected chi connectivity index (χ2v) is 4.71. The standard InChI is InChI=1S/C13H24ClN3/c1-3-13(4-2)17-10-7-12(16-17)11-15-9-6-5-8-14/h7,10,13,15H,3-6,8-9,11H2,1-2H3. The van der Waals surface area contributed by atoms with Gasteiger partial charge in [-0.25, -0.2) is 0 Å². The molecule has 0 amide bonds. The molecule has 0 spiro atoms. The molecule has 0 aliphatic carbocycles. The lowest BCUT2D eigenvalue weighted by Gasteiger charge is -2.12. The molecule has 1 aromatic heterocycles. The van der Waals surface area contributed by atoms with Gasteiger partial charge in [0.1, 0.15) is 0 Å². The van der Waals surface area contributed by atoms with Gasteiger partial charge in [-0.1, -0.05) is 13.8 Å². The Balaban J connectivity index is 2.30. The number of hydrogen-bond acceptors (Lipinski definition) is 2. The van der Waals surface area contributed by atoms with Crippen molar-refractivity contribution in [3.8, 4) is 0 Å². The molecule has 3 nitrogen and oxygen atoms in total. The summed E-state index contributed by atoms with van der Waals surface area (Å²) >= 11 is 5.62. The van der Waals surface area contributed by atoms with Crippen LogP contribution in [-0.4, -0.2) is 22.2 Å². The van der Waals surface area contributed by atoms with E-state index in [-0.39, 0.29) is 0 Å². The maximum Gasteiger partial charge on any atom is 0.0762 e. The quantitative estimate of drug-likeness (QED) is 0.543. The smallest absolute Gasteiger partial charge is 0.0762 e. The zero-order chi connectivity index (χ0) is 12.5. The molecule has 0 saturated carbocycles. The zero-order valence-corrected chi connectivity index (χ0v) is 11.7. The molecule has 1 aromatic rings. The first-order valence-electron chi connectivity index (χ1n) is 6.62. The van der Waals surface area contributed by atoms with Gasteiger partial charge in [0.25, 0.3) is 0 Å². The molecule has 0 unspecified atom stereocenters. The highest BCUT2D eigenvalue weighted by molar-refractivity contribution is 6.17. The van der Waals surface area contributed by atoms with E-state index >= 15 is 0 Å². The van der Waals surface area contributed by atoms with E-state index in [2.05, 4.69) is 41.2 Å². The van der Waals surface area contributed by atoms with Crippen molar-refractivity contribution in [3.05, 3.63) is 18.0 Å². The molecule has 1 heterocycles. The summed E-state index contributed by atoms with van der Waals surface area (Å²) in [6.45, 7) is 6.29. The van der Waals surface area contributed by atoms with Crippen molar-refractivity contribution >= 4 is 11.6 Å².